The molecule has 28 heavy (non-hydrogen) atoms. The third-order valence-corrected chi connectivity index (χ3v) is 6.56. The normalized spacial score (nSPS) is 24.7. The van der Waals surface area contributed by atoms with Gasteiger partial charge in [0.15, 0.2) is 0 Å². The first kappa shape index (κ1) is 19.2. The second-order valence-corrected chi connectivity index (χ2v) is 8.54. The predicted octanol–water partition coefficient (Wildman–Crippen LogP) is 1.86. The molecule has 7 heteroatoms. The molecule has 2 aliphatic heterocycles. The smallest absolute Gasteiger partial charge is 0.339 e. The highest BCUT2D eigenvalue weighted by Crippen LogP contribution is 2.41. The Morgan fingerprint density at radius 2 is 2.04 bits per heavy atom. The number of aliphatic hydroxyl groups is 1. The molecule has 2 fully saturated rings. The lowest BCUT2D eigenvalue weighted by atomic mass is 9.73. The largest absolute Gasteiger partial charge is 0.478 e. The number of nitrogens with zero attached hydrogens (tertiary/aromatic N) is 3. The molecule has 0 bridgehead atoms. The second kappa shape index (κ2) is 7.70. The number of rotatable bonds is 5. The summed E-state index contributed by atoms with van der Waals surface area (Å²) in [6.45, 7) is 2.91. The Balaban J connectivity index is 1.59. The molecular formula is C21H29N3O4. The molecule has 2 N–H and O–H groups in total. The molecule has 152 valence electrons. The highest BCUT2D eigenvalue weighted by molar-refractivity contribution is 5.93. The third kappa shape index (κ3) is 3.60. The van der Waals surface area contributed by atoms with Crippen LogP contribution in [0, 0.1) is 5.41 Å². The van der Waals surface area contributed by atoms with E-state index in [4.69, 9.17) is 10.1 Å². The van der Waals surface area contributed by atoms with Crippen LogP contribution in [0.25, 0.3) is 0 Å². The molecular weight excluding hydrogens is 358 g/mol. The first-order chi connectivity index (χ1) is 13.5. The van der Waals surface area contributed by atoms with Crippen molar-refractivity contribution in [1.29, 1.82) is 0 Å². The Labute approximate surface area is 165 Å². The highest BCUT2D eigenvalue weighted by Gasteiger charge is 2.42. The van der Waals surface area contributed by atoms with E-state index in [1.54, 1.807) is 0 Å². The van der Waals surface area contributed by atoms with Gasteiger partial charge in [0.1, 0.15) is 11.4 Å². The monoisotopic (exact) mass is 387 g/mol. The zero-order chi connectivity index (χ0) is 19.7. The molecule has 0 unspecified atom stereocenters. The number of hydrogen-bond acceptors (Lipinski definition) is 5. The van der Waals surface area contributed by atoms with Crippen LogP contribution in [0.4, 0.5) is 5.82 Å². The summed E-state index contributed by atoms with van der Waals surface area (Å²) in [6, 6.07) is 1.83. The number of amides is 1. The van der Waals surface area contributed by atoms with Crippen LogP contribution in [0.2, 0.25) is 0 Å². The number of carboxylic acids is 1. The Kier molecular flexibility index (Phi) is 5.27. The van der Waals surface area contributed by atoms with Crippen molar-refractivity contribution in [3.63, 3.8) is 0 Å². The molecule has 1 aliphatic carbocycles. The molecule has 0 aromatic carbocycles. The van der Waals surface area contributed by atoms with Gasteiger partial charge in [-0.2, -0.15) is 0 Å². The zero-order valence-corrected chi connectivity index (χ0v) is 16.3. The number of anilines is 1. The molecule has 1 aromatic rings. The minimum absolute atomic E-state index is 0.0158. The number of carbonyl (C=O) groups is 2. The lowest BCUT2D eigenvalue weighted by Crippen LogP contribution is -2.54. The molecule has 3 aliphatic rings. The van der Waals surface area contributed by atoms with Crippen LogP contribution in [0.3, 0.4) is 0 Å². The maximum atomic E-state index is 12.3. The maximum absolute atomic E-state index is 12.3. The fraction of sp³-hybridized carbons (Fsp3) is 0.667. The first-order valence-corrected chi connectivity index (χ1v) is 10.4. The van der Waals surface area contributed by atoms with E-state index in [1.807, 2.05) is 11.0 Å². The molecule has 0 saturated carbocycles. The fourth-order valence-corrected chi connectivity index (χ4v) is 5.15. The molecule has 1 amide bonds. The molecule has 0 radical (unpaired) electrons. The molecule has 4 rings (SSSR count). The number of hydrogen-bond donors (Lipinski definition) is 2. The van der Waals surface area contributed by atoms with E-state index in [-0.39, 0.29) is 17.9 Å². The van der Waals surface area contributed by atoms with Gasteiger partial charge in [-0.15, -0.1) is 0 Å². The van der Waals surface area contributed by atoms with Crippen molar-refractivity contribution in [1.82, 2.24) is 9.88 Å². The zero-order valence-electron chi connectivity index (χ0n) is 16.3. The summed E-state index contributed by atoms with van der Waals surface area (Å²) in [5.74, 6) is -0.149. The number of aliphatic hydroxyl groups excluding tert-OH is 1. The van der Waals surface area contributed by atoms with E-state index in [9.17, 15) is 14.7 Å². The number of carboxylic acid groups (broad SMARTS) is 1. The van der Waals surface area contributed by atoms with Crippen LogP contribution in [0.1, 0.15) is 60.1 Å². The number of aryl methyl sites for hydroxylation is 2. The van der Waals surface area contributed by atoms with Crippen molar-refractivity contribution >= 4 is 17.7 Å². The number of aromatic nitrogens is 1. The minimum atomic E-state index is -0.916. The summed E-state index contributed by atoms with van der Waals surface area (Å²) >= 11 is 0. The summed E-state index contributed by atoms with van der Waals surface area (Å²) in [5.41, 5.74) is 2.41. The van der Waals surface area contributed by atoms with Crippen LogP contribution < -0.4 is 4.90 Å². The minimum Gasteiger partial charge on any atom is -0.478 e. The van der Waals surface area contributed by atoms with E-state index in [0.717, 1.165) is 62.9 Å². The van der Waals surface area contributed by atoms with Gasteiger partial charge >= 0.3 is 5.97 Å². The average molecular weight is 387 g/mol. The topological polar surface area (TPSA) is 94.0 Å². The number of pyridine rings is 1. The van der Waals surface area contributed by atoms with Crippen molar-refractivity contribution in [3.05, 3.63) is 22.9 Å². The summed E-state index contributed by atoms with van der Waals surface area (Å²) in [6.07, 6.45) is 6.85. The van der Waals surface area contributed by atoms with Gasteiger partial charge in [-0.3, -0.25) is 4.79 Å². The maximum Gasteiger partial charge on any atom is 0.339 e. The average Bonchev–Trinajstić information content (AvgIpc) is 3.15. The van der Waals surface area contributed by atoms with Gasteiger partial charge in [0.2, 0.25) is 5.91 Å². The molecule has 1 atom stereocenters. The fourth-order valence-electron chi connectivity index (χ4n) is 5.15. The quantitative estimate of drug-likeness (QED) is 0.801. The summed E-state index contributed by atoms with van der Waals surface area (Å²) in [7, 11) is 0. The van der Waals surface area contributed by atoms with Gasteiger partial charge in [-0.05, 0) is 56.6 Å². The van der Waals surface area contributed by atoms with Crippen molar-refractivity contribution in [3.8, 4) is 0 Å². The molecule has 2 saturated heterocycles. The van der Waals surface area contributed by atoms with Crippen molar-refractivity contribution in [2.75, 3.05) is 37.7 Å². The van der Waals surface area contributed by atoms with E-state index >= 15 is 0 Å². The van der Waals surface area contributed by atoms with E-state index in [1.165, 1.54) is 0 Å². The van der Waals surface area contributed by atoms with Gasteiger partial charge in [0.25, 0.3) is 0 Å². The molecule has 3 heterocycles. The van der Waals surface area contributed by atoms with E-state index in [2.05, 4.69) is 4.90 Å². The Morgan fingerprint density at radius 1 is 1.18 bits per heavy atom. The van der Waals surface area contributed by atoms with Gasteiger partial charge < -0.3 is 20.0 Å². The van der Waals surface area contributed by atoms with Crippen LogP contribution in [-0.4, -0.2) is 64.8 Å². The van der Waals surface area contributed by atoms with Crippen molar-refractivity contribution in [2.24, 2.45) is 5.41 Å². The summed E-state index contributed by atoms with van der Waals surface area (Å²) in [5, 5.41) is 18.9. The third-order valence-electron chi connectivity index (χ3n) is 6.56. The van der Waals surface area contributed by atoms with E-state index in [0.29, 0.717) is 37.3 Å². The Morgan fingerprint density at radius 3 is 2.82 bits per heavy atom. The summed E-state index contributed by atoms with van der Waals surface area (Å²) in [4.78, 5) is 33.0. The van der Waals surface area contributed by atoms with Gasteiger partial charge in [-0.25, -0.2) is 9.78 Å². The number of carbonyl (C=O) groups excluding carboxylic acids is 1. The van der Waals surface area contributed by atoms with E-state index < -0.39 is 5.97 Å². The molecule has 1 spiro atoms. The summed E-state index contributed by atoms with van der Waals surface area (Å²) < 4.78 is 0. The molecule has 1 aromatic heterocycles. The van der Waals surface area contributed by atoms with Crippen LogP contribution in [0.15, 0.2) is 6.07 Å². The van der Waals surface area contributed by atoms with Gasteiger partial charge in [-0.1, -0.05) is 0 Å². The standard InChI is InChI=1S/C21H29N3O4/c25-11-3-10-23-13-21(8-6-18(23)26)7-2-9-24(14-21)19-16(20(27)28)12-15-4-1-5-17(15)22-19/h12,25H,1-11,13-14H2,(H,27,28)/t21-/m1/s1. The van der Waals surface area contributed by atoms with Crippen LogP contribution in [0.5, 0.6) is 0 Å². The van der Waals surface area contributed by atoms with Crippen molar-refractivity contribution < 1.29 is 19.8 Å². The second-order valence-electron chi connectivity index (χ2n) is 8.54. The number of fused-ring (bicyclic) bond motifs is 1. The highest BCUT2D eigenvalue weighted by atomic mass is 16.4. The predicted molar refractivity (Wildman–Crippen MR) is 105 cm³/mol. The Bertz CT molecular complexity index is 781. The molecule has 7 nitrogen and oxygen atoms in total. The first-order valence-electron chi connectivity index (χ1n) is 10.4. The van der Waals surface area contributed by atoms with Gasteiger partial charge in [0.05, 0.1) is 0 Å². The number of aromatic carboxylic acids is 1. The number of likely N-dealkylation sites (tertiary alicyclic amines) is 1. The lowest BCUT2D eigenvalue weighted by Gasteiger charge is -2.48. The lowest BCUT2D eigenvalue weighted by molar-refractivity contribution is -0.138. The van der Waals surface area contributed by atoms with Crippen LogP contribution in [-0.2, 0) is 17.6 Å². The van der Waals surface area contributed by atoms with Crippen molar-refractivity contribution in [2.45, 2.75) is 51.4 Å². The number of piperidine rings is 2. The van der Waals surface area contributed by atoms with Gasteiger partial charge in [0, 0.05) is 50.3 Å². The SMILES string of the molecule is O=C(O)c1cc2c(nc1N1CCC[C@]3(CCC(=O)N(CCCO)C3)C1)CCC2. The van der Waals surface area contributed by atoms with Crippen LogP contribution >= 0.6 is 0 Å². The Hall–Kier alpha value is -2.15.